The summed E-state index contributed by atoms with van der Waals surface area (Å²) in [5, 5.41) is 2.18. The van der Waals surface area contributed by atoms with Crippen LogP contribution in [0.4, 0.5) is 30.2 Å². The van der Waals surface area contributed by atoms with Gasteiger partial charge in [-0.1, -0.05) is 68.3 Å². The molecule has 0 spiro atoms. The number of anilines is 3. The fourth-order valence-corrected chi connectivity index (χ4v) is 7.43. The molecule has 5 nitrogen and oxygen atoms in total. The molecule has 51 heavy (non-hydrogen) atoms. The number of benzene rings is 6. The molecule has 248 valence electrons. The topological polar surface area (TPSA) is 43.2 Å². The molecular weight excluding hydrogens is 781 g/mol. The fourth-order valence-electron chi connectivity index (χ4n) is 6.71. The molecule has 0 bridgehead atoms. The monoisotopic (exact) mass is 802 g/mol. The zero-order valence-corrected chi connectivity index (χ0v) is 29.5. The Labute approximate surface area is 306 Å². The van der Waals surface area contributed by atoms with Gasteiger partial charge in [-0.25, -0.2) is 9.97 Å². The standard InChI is InChI=1S/C41H23Br2F3N4O/c42-26-13-19-33-30(21-26)31-22-27(43)14-20-34(31)49(33)28-17-11-25(12-18-28)40-47-23-32(41(44,45)46)39(48-40)24-9-15-29(16-10-24)50-35-5-1-3-7-37(35)51-38-8-4-2-6-36(38)50/h1-23H. The lowest BCUT2D eigenvalue weighted by Crippen LogP contribution is -2.15. The van der Waals surface area contributed by atoms with Crippen molar-refractivity contribution in [1.82, 2.24) is 14.5 Å². The summed E-state index contributed by atoms with van der Waals surface area (Å²) in [5.41, 5.74) is 5.21. The maximum Gasteiger partial charge on any atom is 0.419 e. The van der Waals surface area contributed by atoms with E-state index in [0.717, 1.165) is 59.7 Å². The Morgan fingerprint density at radius 1 is 0.588 bits per heavy atom. The number of nitrogens with zero attached hydrogens (tertiary/aromatic N) is 4. The second-order valence-electron chi connectivity index (χ2n) is 12.1. The Morgan fingerprint density at radius 2 is 1.12 bits per heavy atom. The van der Waals surface area contributed by atoms with E-state index in [9.17, 15) is 13.2 Å². The summed E-state index contributed by atoms with van der Waals surface area (Å²) in [6.07, 6.45) is -3.78. The molecule has 0 fully saturated rings. The van der Waals surface area contributed by atoms with Crippen LogP contribution < -0.4 is 9.64 Å². The van der Waals surface area contributed by atoms with Crippen molar-refractivity contribution in [1.29, 1.82) is 0 Å². The molecule has 10 heteroatoms. The molecule has 1 aliphatic heterocycles. The first-order chi connectivity index (χ1) is 24.7. The lowest BCUT2D eigenvalue weighted by atomic mass is 10.0. The highest BCUT2D eigenvalue weighted by molar-refractivity contribution is 9.10. The van der Waals surface area contributed by atoms with Gasteiger partial charge in [0.15, 0.2) is 17.3 Å². The molecule has 0 radical (unpaired) electrons. The van der Waals surface area contributed by atoms with Gasteiger partial charge in [-0.2, -0.15) is 13.2 Å². The van der Waals surface area contributed by atoms with Crippen molar-refractivity contribution < 1.29 is 17.9 Å². The van der Waals surface area contributed by atoms with Gasteiger partial charge < -0.3 is 14.2 Å². The Balaban J connectivity index is 1.10. The number of ether oxygens (including phenoxy) is 1. The summed E-state index contributed by atoms with van der Waals surface area (Å²) in [6, 6.07) is 42.1. The van der Waals surface area contributed by atoms with Crippen LogP contribution in [0.25, 0.3) is 50.1 Å². The lowest BCUT2D eigenvalue weighted by Gasteiger charge is -2.32. The van der Waals surface area contributed by atoms with Gasteiger partial charge in [0.05, 0.1) is 28.1 Å². The van der Waals surface area contributed by atoms with E-state index in [1.54, 1.807) is 24.3 Å². The van der Waals surface area contributed by atoms with Gasteiger partial charge >= 0.3 is 6.18 Å². The predicted octanol–water partition coefficient (Wildman–Crippen LogP) is 13.0. The highest BCUT2D eigenvalue weighted by atomic mass is 79.9. The quantitative estimate of drug-likeness (QED) is 0.178. The molecule has 0 amide bonds. The van der Waals surface area contributed by atoms with E-state index in [4.69, 9.17) is 4.74 Å². The second kappa shape index (κ2) is 12.1. The minimum atomic E-state index is -4.65. The Morgan fingerprint density at radius 3 is 1.69 bits per heavy atom. The van der Waals surface area contributed by atoms with Crippen molar-refractivity contribution in [3.8, 4) is 39.8 Å². The summed E-state index contributed by atoms with van der Waals surface area (Å²) in [5.74, 6) is 1.57. The molecule has 3 heterocycles. The zero-order chi connectivity index (χ0) is 34.9. The second-order valence-corrected chi connectivity index (χ2v) is 13.9. The van der Waals surface area contributed by atoms with Gasteiger partial charge in [0.25, 0.3) is 0 Å². The van der Waals surface area contributed by atoms with E-state index >= 15 is 0 Å². The maximum atomic E-state index is 14.4. The van der Waals surface area contributed by atoms with Crippen molar-refractivity contribution in [2.75, 3.05) is 4.90 Å². The average molecular weight is 804 g/mol. The van der Waals surface area contributed by atoms with Gasteiger partial charge in [-0.15, -0.1) is 0 Å². The number of rotatable bonds is 4. The Hall–Kier alpha value is -5.45. The number of hydrogen-bond donors (Lipinski definition) is 0. The maximum absolute atomic E-state index is 14.4. The van der Waals surface area contributed by atoms with Crippen LogP contribution in [-0.2, 0) is 6.18 Å². The number of fused-ring (bicyclic) bond motifs is 5. The van der Waals surface area contributed by atoms with E-state index in [0.29, 0.717) is 22.6 Å². The zero-order valence-electron chi connectivity index (χ0n) is 26.4. The molecule has 0 saturated carbocycles. The number of alkyl halides is 3. The van der Waals surface area contributed by atoms with E-state index in [1.807, 2.05) is 89.8 Å². The third-order valence-electron chi connectivity index (χ3n) is 9.00. The molecule has 9 rings (SSSR count). The first kappa shape index (κ1) is 31.5. The van der Waals surface area contributed by atoms with Gasteiger partial charge in [0, 0.05) is 48.4 Å². The van der Waals surface area contributed by atoms with Crippen LogP contribution in [0.2, 0.25) is 0 Å². The number of para-hydroxylation sites is 4. The van der Waals surface area contributed by atoms with Crippen LogP contribution >= 0.6 is 31.9 Å². The van der Waals surface area contributed by atoms with Crippen LogP contribution in [0.15, 0.2) is 149 Å². The third-order valence-corrected chi connectivity index (χ3v) is 9.98. The Kier molecular flexibility index (Phi) is 7.48. The molecule has 0 N–H and O–H groups in total. The van der Waals surface area contributed by atoms with Gasteiger partial charge in [0.1, 0.15) is 5.56 Å². The molecule has 1 aliphatic rings. The number of halogens is 5. The largest absolute Gasteiger partial charge is 0.453 e. The van der Waals surface area contributed by atoms with Crippen LogP contribution in [-0.4, -0.2) is 14.5 Å². The predicted molar refractivity (Wildman–Crippen MR) is 202 cm³/mol. The number of hydrogen-bond acceptors (Lipinski definition) is 4. The summed E-state index contributed by atoms with van der Waals surface area (Å²) < 4.78 is 53.4. The fraction of sp³-hybridized carbons (Fsp3) is 0.0244. The van der Waals surface area contributed by atoms with Gasteiger partial charge in [-0.05, 0) is 97.1 Å². The third kappa shape index (κ3) is 5.46. The van der Waals surface area contributed by atoms with E-state index in [2.05, 4.69) is 70.7 Å². The van der Waals surface area contributed by atoms with Gasteiger partial charge in [0.2, 0.25) is 0 Å². The summed E-state index contributed by atoms with van der Waals surface area (Å²) in [4.78, 5) is 10.7. The summed E-state index contributed by atoms with van der Waals surface area (Å²) in [7, 11) is 0. The van der Waals surface area contributed by atoms with Crippen molar-refractivity contribution in [2.24, 2.45) is 0 Å². The normalized spacial score (nSPS) is 12.5. The highest BCUT2D eigenvalue weighted by Gasteiger charge is 2.36. The van der Waals surface area contributed by atoms with Crippen LogP contribution in [0.3, 0.4) is 0 Å². The number of aromatic nitrogens is 3. The minimum Gasteiger partial charge on any atom is -0.453 e. The minimum absolute atomic E-state index is 0.190. The van der Waals surface area contributed by atoms with Crippen LogP contribution in [0.1, 0.15) is 5.56 Å². The smallest absolute Gasteiger partial charge is 0.419 e. The first-order valence-corrected chi connectivity index (χ1v) is 17.5. The van der Waals surface area contributed by atoms with E-state index < -0.39 is 11.7 Å². The molecule has 0 atom stereocenters. The molecule has 6 aromatic carbocycles. The molecule has 2 aromatic heterocycles. The molecule has 0 saturated heterocycles. The van der Waals surface area contributed by atoms with Gasteiger partial charge in [-0.3, -0.25) is 0 Å². The molecular formula is C41H23Br2F3N4O. The summed E-state index contributed by atoms with van der Waals surface area (Å²) in [6.45, 7) is 0. The van der Waals surface area contributed by atoms with Crippen molar-refractivity contribution in [3.05, 3.63) is 154 Å². The molecule has 8 aromatic rings. The first-order valence-electron chi connectivity index (χ1n) is 15.9. The van der Waals surface area contributed by atoms with Crippen molar-refractivity contribution in [2.45, 2.75) is 6.18 Å². The highest BCUT2D eigenvalue weighted by Crippen LogP contribution is 2.50. The van der Waals surface area contributed by atoms with E-state index in [-0.39, 0.29) is 11.5 Å². The lowest BCUT2D eigenvalue weighted by molar-refractivity contribution is -0.137. The van der Waals surface area contributed by atoms with Crippen molar-refractivity contribution in [3.63, 3.8) is 0 Å². The summed E-state index contributed by atoms with van der Waals surface area (Å²) >= 11 is 7.20. The average Bonchev–Trinajstić information content (AvgIpc) is 3.45. The van der Waals surface area contributed by atoms with Crippen molar-refractivity contribution >= 4 is 70.7 Å². The molecule has 0 aliphatic carbocycles. The van der Waals surface area contributed by atoms with E-state index in [1.165, 1.54) is 0 Å². The molecule has 0 unspecified atom stereocenters. The van der Waals surface area contributed by atoms with Crippen LogP contribution in [0.5, 0.6) is 11.5 Å². The van der Waals surface area contributed by atoms with Crippen LogP contribution in [0, 0.1) is 0 Å². The Bertz CT molecular complexity index is 2530. The SMILES string of the molecule is FC(F)(F)c1cnc(-c2ccc(-n3c4ccc(Br)cc4c4cc(Br)ccc43)cc2)nc1-c1ccc(N2c3ccccc3Oc3ccccc32)cc1.